The van der Waals surface area contributed by atoms with Crippen molar-refractivity contribution in [1.82, 2.24) is 19.5 Å². The predicted octanol–water partition coefficient (Wildman–Crippen LogP) is 3.94. The minimum atomic E-state index is -4.02. The summed E-state index contributed by atoms with van der Waals surface area (Å²) in [7, 11) is -4.02. The van der Waals surface area contributed by atoms with Crippen LogP contribution in [0.25, 0.3) is 22.8 Å². The molecule has 5 rings (SSSR count). The molecule has 1 aliphatic rings. The van der Waals surface area contributed by atoms with Crippen LogP contribution in [0.2, 0.25) is 0 Å². The van der Waals surface area contributed by atoms with Crippen molar-refractivity contribution in [3.05, 3.63) is 83.9 Å². The predicted molar refractivity (Wildman–Crippen MR) is 130 cm³/mol. The highest BCUT2D eigenvalue weighted by Gasteiger charge is 2.43. The topological polar surface area (TPSA) is 125 Å². The Morgan fingerprint density at radius 1 is 0.971 bits per heavy atom. The Balaban J connectivity index is 1.45. The lowest BCUT2D eigenvalue weighted by molar-refractivity contribution is 0.0846. The molecule has 3 aromatic carbocycles. The second-order valence-corrected chi connectivity index (χ2v) is 10.1. The number of carbonyl (C=O) groups excluding carboxylic acids is 2. The average Bonchev–Trinajstić information content (AvgIpc) is 3.41. The number of benzene rings is 3. The van der Waals surface area contributed by atoms with Gasteiger partial charge in [-0.15, -0.1) is 0 Å². The van der Waals surface area contributed by atoms with Crippen LogP contribution in [0.15, 0.2) is 77.7 Å². The van der Waals surface area contributed by atoms with Crippen molar-refractivity contribution >= 4 is 27.5 Å². The van der Waals surface area contributed by atoms with Crippen LogP contribution < -0.4 is 5.32 Å². The van der Waals surface area contributed by atoms with Crippen LogP contribution in [0, 0.1) is 0 Å². The Hall–Kier alpha value is -4.31. The highest BCUT2D eigenvalue weighted by Crippen LogP contribution is 2.33. The van der Waals surface area contributed by atoms with E-state index in [1.165, 1.54) is 18.2 Å². The number of H-pyrrole nitrogens is 1. The van der Waals surface area contributed by atoms with Crippen LogP contribution in [0.3, 0.4) is 0 Å². The molecule has 9 nitrogen and oxygen atoms in total. The number of amides is 2. The van der Waals surface area contributed by atoms with Gasteiger partial charge in [0.05, 0.1) is 11.3 Å². The van der Waals surface area contributed by atoms with Gasteiger partial charge in [0.1, 0.15) is 4.90 Å². The fourth-order valence-corrected chi connectivity index (χ4v) is 5.78. The summed E-state index contributed by atoms with van der Waals surface area (Å²) in [6.07, 6.45) is 0. The quantitative estimate of drug-likeness (QED) is 0.439. The van der Waals surface area contributed by atoms with Gasteiger partial charge in [-0.25, -0.2) is 17.7 Å². The Kier molecular flexibility index (Phi) is 5.45. The van der Waals surface area contributed by atoms with Crippen molar-refractivity contribution in [1.29, 1.82) is 0 Å². The lowest BCUT2D eigenvalue weighted by Crippen LogP contribution is -2.36. The molecular formula is C25H21N5O4S. The van der Waals surface area contributed by atoms with Gasteiger partial charge in [-0.1, -0.05) is 42.5 Å². The number of rotatable bonds is 5. The number of sulfonamides is 1. The van der Waals surface area contributed by atoms with Gasteiger partial charge in [0, 0.05) is 22.7 Å². The molecular weight excluding hydrogens is 466 g/mol. The lowest BCUT2D eigenvalue weighted by Gasteiger charge is -2.18. The number of hydrogen-bond donors (Lipinski definition) is 2. The first-order valence-corrected chi connectivity index (χ1v) is 12.3. The first-order chi connectivity index (χ1) is 16.8. The van der Waals surface area contributed by atoms with Crippen LogP contribution in [0.4, 0.5) is 5.69 Å². The molecule has 0 unspecified atom stereocenters. The van der Waals surface area contributed by atoms with Gasteiger partial charge in [-0.05, 0) is 44.2 Å². The van der Waals surface area contributed by atoms with Crippen LogP contribution in [0.1, 0.15) is 34.6 Å². The van der Waals surface area contributed by atoms with E-state index in [-0.39, 0.29) is 16.0 Å². The summed E-state index contributed by atoms with van der Waals surface area (Å²) in [4.78, 5) is 30.0. The van der Waals surface area contributed by atoms with E-state index < -0.39 is 27.9 Å². The smallest absolute Gasteiger partial charge is 0.269 e. The van der Waals surface area contributed by atoms with Crippen molar-refractivity contribution in [3.63, 3.8) is 0 Å². The van der Waals surface area contributed by atoms with E-state index in [0.29, 0.717) is 22.9 Å². The van der Waals surface area contributed by atoms with Crippen molar-refractivity contribution in [3.8, 4) is 22.8 Å². The molecule has 35 heavy (non-hydrogen) atoms. The van der Waals surface area contributed by atoms with E-state index in [0.717, 1.165) is 9.87 Å². The summed E-state index contributed by atoms with van der Waals surface area (Å²) >= 11 is 0. The van der Waals surface area contributed by atoms with E-state index in [1.807, 2.05) is 36.4 Å². The van der Waals surface area contributed by atoms with Crippen molar-refractivity contribution in [2.75, 3.05) is 5.32 Å². The molecule has 2 N–H and O–H groups in total. The molecule has 4 aromatic rings. The molecule has 0 radical (unpaired) electrons. The van der Waals surface area contributed by atoms with Crippen molar-refractivity contribution in [2.24, 2.45) is 0 Å². The number of para-hydroxylation sites is 1. The zero-order valence-corrected chi connectivity index (χ0v) is 19.7. The number of aromatic nitrogens is 3. The van der Waals surface area contributed by atoms with Gasteiger partial charge < -0.3 is 5.32 Å². The first-order valence-electron chi connectivity index (χ1n) is 10.9. The highest BCUT2D eigenvalue weighted by molar-refractivity contribution is 7.90. The number of carbonyl (C=O) groups is 2. The molecule has 10 heteroatoms. The Bertz CT molecular complexity index is 1560. The number of hydrogen-bond acceptors (Lipinski definition) is 6. The Morgan fingerprint density at radius 2 is 1.69 bits per heavy atom. The van der Waals surface area contributed by atoms with Gasteiger partial charge in [0.25, 0.3) is 21.8 Å². The maximum Gasteiger partial charge on any atom is 0.269 e. The fraction of sp³-hybridized carbons (Fsp3) is 0.120. The van der Waals surface area contributed by atoms with E-state index in [4.69, 9.17) is 0 Å². The van der Waals surface area contributed by atoms with Gasteiger partial charge in [-0.3, -0.25) is 14.7 Å². The van der Waals surface area contributed by atoms with Gasteiger partial charge in [-0.2, -0.15) is 5.10 Å². The molecule has 0 saturated heterocycles. The summed E-state index contributed by atoms with van der Waals surface area (Å²) in [5.41, 5.74) is 2.11. The summed E-state index contributed by atoms with van der Waals surface area (Å²) in [6.45, 7) is 3.25. The third-order valence-corrected chi connectivity index (χ3v) is 7.63. The van der Waals surface area contributed by atoms with Crippen molar-refractivity contribution < 1.29 is 18.0 Å². The summed E-state index contributed by atoms with van der Waals surface area (Å²) in [5.74, 6) is -0.125. The SMILES string of the molecule is CC(C)N1C(=O)c2ccc(C(=O)Nc3ccccc3-c3nc(-c4ccccc4)n[nH]3)cc2S1(=O)=O. The fourth-order valence-electron chi connectivity index (χ4n) is 3.99. The van der Waals surface area contributed by atoms with Crippen LogP contribution in [-0.2, 0) is 10.0 Å². The minimum Gasteiger partial charge on any atom is -0.321 e. The Labute approximate surface area is 201 Å². The molecule has 0 spiro atoms. The number of nitrogens with one attached hydrogen (secondary N) is 2. The molecule has 176 valence electrons. The molecule has 2 amide bonds. The largest absolute Gasteiger partial charge is 0.321 e. The zero-order chi connectivity index (χ0) is 24.7. The molecule has 0 saturated carbocycles. The van der Waals surface area contributed by atoms with Crippen LogP contribution >= 0.6 is 0 Å². The van der Waals surface area contributed by atoms with Crippen LogP contribution in [-0.4, -0.2) is 45.8 Å². The van der Waals surface area contributed by atoms with E-state index in [9.17, 15) is 18.0 Å². The maximum atomic E-state index is 13.1. The zero-order valence-electron chi connectivity index (χ0n) is 18.9. The van der Waals surface area contributed by atoms with Gasteiger partial charge in [0.2, 0.25) is 0 Å². The molecule has 1 aromatic heterocycles. The number of anilines is 1. The minimum absolute atomic E-state index is 0.0609. The number of fused-ring (bicyclic) bond motifs is 1. The lowest BCUT2D eigenvalue weighted by atomic mass is 10.1. The number of nitrogens with zero attached hydrogens (tertiary/aromatic N) is 3. The number of aromatic amines is 1. The van der Waals surface area contributed by atoms with Gasteiger partial charge in [0.15, 0.2) is 11.6 Å². The highest BCUT2D eigenvalue weighted by atomic mass is 32.2. The van der Waals surface area contributed by atoms with E-state index in [2.05, 4.69) is 20.5 Å². The molecule has 2 heterocycles. The Morgan fingerprint density at radius 3 is 2.43 bits per heavy atom. The molecule has 0 atom stereocenters. The summed E-state index contributed by atoms with van der Waals surface area (Å²) in [5, 5.41) is 9.99. The standard InChI is InChI=1S/C25H21N5O4S/c1-15(2)30-25(32)19-13-12-17(14-21(19)35(30,33)34)24(31)26-20-11-7-6-10-18(20)23-27-22(28-29-23)16-8-4-3-5-9-16/h3-15H,1-2H3,(H,26,31)(H,27,28,29). The van der Waals surface area contributed by atoms with E-state index in [1.54, 1.807) is 32.0 Å². The van der Waals surface area contributed by atoms with E-state index >= 15 is 0 Å². The average molecular weight is 488 g/mol. The molecule has 1 aliphatic heterocycles. The molecule has 0 bridgehead atoms. The second kappa shape index (κ2) is 8.48. The first kappa shape index (κ1) is 22.5. The maximum absolute atomic E-state index is 13.1. The van der Waals surface area contributed by atoms with Gasteiger partial charge >= 0.3 is 0 Å². The third-order valence-electron chi connectivity index (χ3n) is 5.63. The molecule has 0 fully saturated rings. The molecule has 0 aliphatic carbocycles. The summed E-state index contributed by atoms with van der Waals surface area (Å²) in [6, 6.07) is 20.1. The monoisotopic (exact) mass is 487 g/mol. The third kappa shape index (κ3) is 3.87. The van der Waals surface area contributed by atoms with Crippen LogP contribution in [0.5, 0.6) is 0 Å². The van der Waals surface area contributed by atoms with Crippen molar-refractivity contribution in [2.45, 2.75) is 24.8 Å². The normalized spacial score (nSPS) is 14.3. The summed E-state index contributed by atoms with van der Waals surface area (Å²) < 4.78 is 26.6. The second-order valence-electron chi connectivity index (χ2n) is 8.28.